The Balaban J connectivity index is 1.77. The molecule has 2 heterocycles. The van der Waals surface area contributed by atoms with Gasteiger partial charge in [0.1, 0.15) is 23.0 Å². The summed E-state index contributed by atoms with van der Waals surface area (Å²) in [6, 6.07) is 12.9. The van der Waals surface area contributed by atoms with E-state index in [-0.39, 0.29) is 11.5 Å². The van der Waals surface area contributed by atoms with Crippen molar-refractivity contribution in [2.75, 3.05) is 0 Å². The van der Waals surface area contributed by atoms with Crippen LogP contribution in [0.3, 0.4) is 0 Å². The third-order valence-electron chi connectivity index (χ3n) is 5.37. The highest BCUT2D eigenvalue weighted by atomic mass is 16.5. The van der Waals surface area contributed by atoms with Crippen molar-refractivity contribution in [3.63, 3.8) is 0 Å². The van der Waals surface area contributed by atoms with Crippen LogP contribution in [0.5, 0.6) is 23.0 Å². The van der Waals surface area contributed by atoms with E-state index in [9.17, 15) is 19.8 Å². The number of fused-ring (bicyclic) bond motifs is 2. The minimum atomic E-state index is -0.511. The van der Waals surface area contributed by atoms with Crippen LogP contribution in [0.4, 0.5) is 0 Å². The molecule has 0 unspecified atom stereocenters. The summed E-state index contributed by atoms with van der Waals surface area (Å²) in [5.74, 6) is -0.0645. The van der Waals surface area contributed by atoms with Gasteiger partial charge in [-0.3, -0.25) is 0 Å². The van der Waals surface area contributed by atoms with Crippen LogP contribution in [0.1, 0.15) is 22.3 Å². The molecule has 2 aliphatic rings. The van der Waals surface area contributed by atoms with Crippen molar-refractivity contribution >= 4 is 23.1 Å². The average Bonchev–Trinajstić information content (AvgIpc) is 3.19. The van der Waals surface area contributed by atoms with E-state index in [1.807, 2.05) is 0 Å². The second kappa shape index (κ2) is 6.22. The number of aromatic hydroxyl groups is 2. The molecule has 0 saturated heterocycles. The molecule has 2 N–H and O–H groups in total. The van der Waals surface area contributed by atoms with Gasteiger partial charge in [-0.2, -0.15) is 0 Å². The molecular weight excluding hydrogens is 384 g/mol. The lowest BCUT2D eigenvalue weighted by Crippen LogP contribution is -2.11. The van der Waals surface area contributed by atoms with E-state index in [1.54, 1.807) is 50.2 Å². The summed E-state index contributed by atoms with van der Waals surface area (Å²) in [5, 5.41) is 20.6. The Morgan fingerprint density at radius 2 is 1.13 bits per heavy atom. The first kappa shape index (κ1) is 18.0. The Bertz CT molecular complexity index is 1370. The van der Waals surface area contributed by atoms with E-state index < -0.39 is 11.9 Å². The van der Waals surface area contributed by atoms with Gasteiger partial charge in [0.2, 0.25) is 0 Å². The molecule has 5 rings (SSSR count). The molecular formula is C24H16O6. The van der Waals surface area contributed by atoms with Crippen LogP contribution in [0.15, 0.2) is 48.5 Å². The first-order valence-electron chi connectivity index (χ1n) is 9.30. The molecule has 148 valence electrons. The SMILES string of the molecule is Cc1cc(C2=c3cc4c(cc3OC2=O)=C(c2ccc(O)cc2)C(=O)O4)cc(C)c1O. The Morgan fingerprint density at radius 1 is 0.667 bits per heavy atom. The summed E-state index contributed by atoms with van der Waals surface area (Å²) in [4.78, 5) is 25.2. The Labute approximate surface area is 170 Å². The average molecular weight is 400 g/mol. The largest absolute Gasteiger partial charge is 0.508 e. The number of ether oxygens (including phenoxy) is 2. The van der Waals surface area contributed by atoms with Crippen LogP contribution < -0.4 is 19.9 Å². The highest BCUT2D eigenvalue weighted by Gasteiger charge is 2.30. The van der Waals surface area contributed by atoms with Crippen molar-refractivity contribution in [1.29, 1.82) is 0 Å². The van der Waals surface area contributed by atoms with Gasteiger partial charge in [-0.15, -0.1) is 0 Å². The number of benzene rings is 3. The summed E-state index contributed by atoms with van der Waals surface area (Å²) in [6.45, 7) is 3.52. The molecule has 0 fully saturated rings. The van der Waals surface area contributed by atoms with Gasteiger partial charge in [-0.05, 0) is 72.5 Å². The van der Waals surface area contributed by atoms with E-state index in [4.69, 9.17) is 9.47 Å². The molecule has 0 amide bonds. The van der Waals surface area contributed by atoms with Crippen LogP contribution in [0.25, 0.3) is 11.1 Å². The Kier molecular flexibility index (Phi) is 3.73. The number of phenolic OH excluding ortho intramolecular Hbond substituents is 2. The van der Waals surface area contributed by atoms with Gasteiger partial charge in [-0.25, -0.2) is 9.59 Å². The quantitative estimate of drug-likeness (QED) is 0.505. The number of hydrogen-bond donors (Lipinski definition) is 2. The molecule has 0 aromatic heterocycles. The Morgan fingerprint density at radius 3 is 1.63 bits per heavy atom. The lowest BCUT2D eigenvalue weighted by atomic mass is 9.98. The summed E-state index contributed by atoms with van der Waals surface area (Å²) in [5.41, 5.74) is 3.21. The highest BCUT2D eigenvalue weighted by Crippen LogP contribution is 2.30. The molecule has 3 aromatic rings. The van der Waals surface area contributed by atoms with E-state index in [0.29, 0.717) is 55.3 Å². The molecule has 30 heavy (non-hydrogen) atoms. The molecule has 6 nitrogen and oxygen atoms in total. The number of hydrogen-bond acceptors (Lipinski definition) is 6. The van der Waals surface area contributed by atoms with Crippen molar-refractivity contribution in [2.45, 2.75) is 13.8 Å². The summed E-state index contributed by atoms with van der Waals surface area (Å²) in [7, 11) is 0. The van der Waals surface area contributed by atoms with E-state index in [2.05, 4.69) is 0 Å². The van der Waals surface area contributed by atoms with E-state index in [1.165, 1.54) is 12.1 Å². The first-order chi connectivity index (χ1) is 14.3. The molecule has 0 bridgehead atoms. The predicted molar refractivity (Wildman–Crippen MR) is 108 cm³/mol. The molecule has 0 spiro atoms. The van der Waals surface area contributed by atoms with Crippen molar-refractivity contribution in [2.24, 2.45) is 0 Å². The topological polar surface area (TPSA) is 93.1 Å². The van der Waals surface area contributed by atoms with Gasteiger partial charge < -0.3 is 19.7 Å². The van der Waals surface area contributed by atoms with Crippen LogP contribution >= 0.6 is 0 Å². The summed E-state index contributed by atoms with van der Waals surface area (Å²) in [6.07, 6.45) is 0. The number of esters is 2. The van der Waals surface area contributed by atoms with Crippen LogP contribution in [0, 0.1) is 13.8 Å². The third-order valence-corrected chi connectivity index (χ3v) is 5.37. The Hall–Kier alpha value is -4.06. The minimum absolute atomic E-state index is 0.0903. The van der Waals surface area contributed by atoms with E-state index in [0.717, 1.165) is 0 Å². The normalized spacial score (nSPS) is 14.5. The van der Waals surface area contributed by atoms with Gasteiger partial charge >= 0.3 is 11.9 Å². The molecule has 0 radical (unpaired) electrons. The smallest absolute Gasteiger partial charge is 0.344 e. The molecule has 2 aliphatic heterocycles. The lowest BCUT2D eigenvalue weighted by Gasteiger charge is -2.07. The monoisotopic (exact) mass is 400 g/mol. The lowest BCUT2D eigenvalue weighted by molar-refractivity contribution is -0.128. The number of carbonyl (C=O) groups is 2. The zero-order valence-corrected chi connectivity index (χ0v) is 16.1. The van der Waals surface area contributed by atoms with Gasteiger partial charge in [0, 0.05) is 10.4 Å². The maximum Gasteiger partial charge on any atom is 0.344 e. The second-order valence-corrected chi connectivity index (χ2v) is 7.38. The van der Waals surface area contributed by atoms with Crippen LogP contribution in [-0.4, -0.2) is 22.2 Å². The van der Waals surface area contributed by atoms with Crippen LogP contribution in [-0.2, 0) is 9.59 Å². The number of rotatable bonds is 2. The maximum absolute atomic E-state index is 12.7. The molecule has 6 heteroatoms. The van der Waals surface area contributed by atoms with Crippen molar-refractivity contribution in [1.82, 2.24) is 0 Å². The fourth-order valence-electron chi connectivity index (χ4n) is 3.92. The first-order valence-corrected chi connectivity index (χ1v) is 9.30. The van der Waals surface area contributed by atoms with Gasteiger partial charge in [0.25, 0.3) is 0 Å². The second-order valence-electron chi connectivity index (χ2n) is 7.38. The summed E-state index contributed by atoms with van der Waals surface area (Å²) < 4.78 is 10.9. The highest BCUT2D eigenvalue weighted by molar-refractivity contribution is 6.21. The van der Waals surface area contributed by atoms with Crippen molar-refractivity contribution < 1.29 is 29.3 Å². The van der Waals surface area contributed by atoms with Gasteiger partial charge in [-0.1, -0.05) is 12.1 Å². The molecule has 0 saturated carbocycles. The molecule has 3 aromatic carbocycles. The fraction of sp³-hybridized carbons (Fsp3) is 0.0833. The maximum atomic E-state index is 12.7. The van der Waals surface area contributed by atoms with Crippen molar-refractivity contribution in [3.8, 4) is 23.0 Å². The number of aryl methyl sites for hydroxylation is 2. The van der Waals surface area contributed by atoms with Gasteiger partial charge in [0.15, 0.2) is 0 Å². The fourth-order valence-corrected chi connectivity index (χ4v) is 3.92. The molecule has 0 aliphatic carbocycles. The molecule has 0 atom stereocenters. The zero-order valence-electron chi connectivity index (χ0n) is 16.1. The predicted octanol–water partition coefficient (Wildman–Crippen LogP) is 1.95. The third kappa shape index (κ3) is 2.58. The van der Waals surface area contributed by atoms with Crippen LogP contribution in [0.2, 0.25) is 0 Å². The zero-order chi connectivity index (χ0) is 21.2. The van der Waals surface area contributed by atoms with Gasteiger partial charge in [0.05, 0.1) is 11.1 Å². The number of phenols is 2. The van der Waals surface area contributed by atoms with Crippen molar-refractivity contribution in [3.05, 3.63) is 81.2 Å². The standard InChI is InChI=1S/C24H16O6/c1-11-7-14(8-12(2)22(11)26)21-17-10-18-16(9-19(17)30-24(21)28)20(23(27)29-18)13-3-5-15(25)6-4-13/h3-10,25-26H,1-2H3. The number of carbonyl (C=O) groups excluding carboxylic acids is 2. The van der Waals surface area contributed by atoms with E-state index >= 15 is 0 Å². The summed E-state index contributed by atoms with van der Waals surface area (Å²) >= 11 is 0. The minimum Gasteiger partial charge on any atom is -0.508 e.